The highest BCUT2D eigenvalue weighted by Gasteiger charge is 2.15. The summed E-state index contributed by atoms with van der Waals surface area (Å²) >= 11 is 0. The van der Waals surface area contributed by atoms with Gasteiger partial charge in [0.1, 0.15) is 17.4 Å². The first-order valence-electron chi connectivity index (χ1n) is 8.29. The molecule has 134 valence electrons. The van der Waals surface area contributed by atoms with Gasteiger partial charge < -0.3 is 15.0 Å². The zero-order chi connectivity index (χ0) is 19.2. The molecule has 0 spiro atoms. The summed E-state index contributed by atoms with van der Waals surface area (Å²) < 4.78 is 5.67. The molecule has 0 aliphatic heterocycles. The third-order valence-corrected chi connectivity index (χ3v) is 3.87. The number of carbonyl (C=O) groups excluding carboxylic acids is 1. The number of anilines is 1. The van der Waals surface area contributed by atoms with E-state index >= 15 is 0 Å². The quantitative estimate of drug-likeness (QED) is 0.731. The molecule has 27 heavy (non-hydrogen) atoms. The van der Waals surface area contributed by atoms with E-state index in [1.54, 1.807) is 49.4 Å². The largest absolute Gasteiger partial charge is 0.483 e. The molecule has 0 fully saturated rings. The standard InChI is InChI=1S/C21H17N3O3/c1-14-11-17(18(12-22)21(26)23-14)16-9-5-6-10-19(16)27-13-20(25)24-15-7-3-2-4-8-15/h2-11H,13H2,1H3,(H,23,26)(H,24,25). The van der Waals surface area contributed by atoms with E-state index in [2.05, 4.69) is 10.3 Å². The summed E-state index contributed by atoms with van der Waals surface area (Å²) in [6.45, 7) is 1.54. The second-order valence-electron chi connectivity index (χ2n) is 5.88. The molecule has 1 amide bonds. The highest BCUT2D eigenvalue weighted by Crippen LogP contribution is 2.31. The Morgan fingerprint density at radius 2 is 1.81 bits per heavy atom. The maximum atomic E-state index is 12.1. The van der Waals surface area contributed by atoms with Crippen LogP contribution in [0.2, 0.25) is 0 Å². The van der Waals surface area contributed by atoms with Crippen LogP contribution in [0.4, 0.5) is 5.69 Å². The molecular formula is C21H17N3O3. The van der Waals surface area contributed by atoms with E-state index in [0.717, 1.165) is 0 Å². The van der Waals surface area contributed by atoms with Crippen molar-refractivity contribution in [2.24, 2.45) is 0 Å². The van der Waals surface area contributed by atoms with Crippen LogP contribution in [0.1, 0.15) is 11.3 Å². The van der Waals surface area contributed by atoms with Gasteiger partial charge in [-0.2, -0.15) is 5.26 Å². The van der Waals surface area contributed by atoms with Gasteiger partial charge in [-0.25, -0.2) is 0 Å². The molecule has 0 radical (unpaired) electrons. The van der Waals surface area contributed by atoms with Crippen molar-refractivity contribution >= 4 is 11.6 Å². The Morgan fingerprint density at radius 3 is 2.56 bits per heavy atom. The summed E-state index contributed by atoms with van der Waals surface area (Å²) in [5.74, 6) is 0.112. The number of aryl methyl sites for hydroxylation is 1. The first-order valence-corrected chi connectivity index (χ1v) is 8.29. The van der Waals surface area contributed by atoms with Crippen molar-refractivity contribution < 1.29 is 9.53 Å². The van der Waals surface area contributed by atoms with Crippen molar-refractivity contribution in [2.75, 3.05) is 11.9 Å². The van der Waals surface area contributed by atoms with Gasteiger partial charge in [-0.1, -0.05) is 36.4 Å². The molecule has 2 N–H and O–H groups in total. The number of nitrogens with zero attached hydrogens (tertiary/aromatic N) is 1. The lowest BCUT2D eigenvalue weighted by Gasteiger charge is -2.13. The molecule has 0 aliphatic rings. The smallest absolute Gasteiger partial charge is 0.266 e. The van der Waals surface area contributed by atoms with Crippen molar-refractivity contribution in [1.82, 2.24) is 4.98 Å². The van der Waals surface area contributed by atoms with Crippen molar-refractivity contribution in [2.45, 2.75) is 6.92 Å². The number of ether oxygens (including phenoxy) is 1. The van der Waals surface area contributed by atoms with Crippen LogP contribution in [0.3, 0.4) is 0 Å². The molecule has 0 unspecified atom stereocenters. The van der Waals surface area contributed by atoms with Crippen LogP contribution in [-0.2, 0) is 4.79 Å². The average Bonchev–Trinajstić information content (AvgIpc) is 2.67. The fourth-order valence-electron chi connectivity index (χ4n) is 2.69. The van der Waals surface area contributed by atoms with Gasteiger partial charge in [0.15, 0.2) is 6.61 Å². The van der Waals surface area contributed by atoms with Crippen LogP contribution in [0.5, 0.6) is 5.75 Å². The van der Waals surface area contributed by atoms with Crippen molar-refractivity contribution in [1.29, 1.82) is 5.26 Å². The highest BCUT2D eigenvalue weighted by molar-refractivity contribution is 5.92. The van der Waals surface area contributed by atoms with E-state index in [9.17, 15) is 14.9 Å². The molecule has 0 saturated heterocycles. The number of nitrogens with one attached hydrogen (secondary N) is 2. The van der Waals surface area contributed by atoms with Crippen molar-refractivity contribution in [3.63, 3.8) is 0 Å². The Hall–Kier alpha value is -3.85. The lowest BCUT2D eigenvalue weighted by Crippen LogP contribution is -2.20. The predicted octanol–water partition coefficient (Wildman–Crippen LogP) is 3.24. The molecule has 3 rings (SSSR count). The third kappa shape index (κ3) is 4.22. The Kier molecular flexibility index (Phi) is 5.33. The van der Waals surface area contributed by atoms with Gasteiger partial charge in [0.25, 0.3) is 11.5 Å². The third-order valence-electron chi connectivity index (χ3n) is 3.87. The summed E-state index contributed by atoms with van der Waals surface area (Å²) in [4.78, 5) is 26.8. The van der Waals surface area contributed by atoms with Gasteiger partial charge in [-0.05, 0) is 31.2 Å². The second kappa shape index (κ2) is 8.02. The van der Waals surface area contributed by atoms with Crippen LogP contribution in [0.25, 0.3) is 11.1 Å². The van der Waals surface area contributed by atoms with Crippen molar-refractivity contribution in [3.8, 4) is 22.9 Å². The molecule has 0 saturated carbocycles. The molecule has 0 atom stereocenters. The number of amides is 1. The SMILES string of the molecule is Cc1cc(-c2ccccc2OCC(=O)Nc2ccccc2)c(C#N)c(=O)[nH]1. The van der Waals surface area contributed by atoms with E-state index in [-0.39, 0.29) is 18.1 Å². The number of pyridine rings is 1. The fourth-order valence-corrected chi connectivity index (χ4v) is 2.69. The van der Waals surface area contributed by atoms with E-state index < -0.39 is 5.56 Å². The lowest BCUT2D eigenvalue weighted by molar-refractivity contribution is -0.118. The van der Waals surface area contributed by atoms with E-state index in [4.69, 9.17) is 4.74 Å². The summed E-state index contributed by atoms with van der Waals surface area (Å²) in [6.07, 6.45) is 0. The highest BCUT2D eigenvalue weighted by atomic mass is 16.5. The zero-order valence-electron chi connectivity index (χ0n) is 14.7. The molecule has 1 aromatic heterocycles. The molecule has 1 heterocycles. The summed E-state index contributed by atoms with van der Waals surface area (Å²) in [5.41, 5.74) is 1.91. The van der Waals surface area contributed by atoms with Crippen LogP contribution >= 0.6 is 0 Å². The topological polar surface area (TPSA) is 95.0 Å². The van der Waals surface area contributed by atoms with Gasteiger partial charge in [0.2, 0.25) is 0 Å². The lowest BCUT2D eigenvalue weighted by atomic mass is 10.0. The van der Waals surface area contributed by atoms with Gasteiger partial charge >= 0.3 is 0 Å². The Bertz CT molecular complexity index is 1070. The summed E-state index contributed by atoms with van der Waals surface area (Å²) in [5, 5.41) is 12.1. The van der Waals surface area contributed by atoms with Crippen LogP contribution < -0.4 is 15.6 Å². The number of aromatic nitrogens is 1. The average molecular weight is 359 g/mol. The van der Waals surface area contributed by atoms with E-state index in [1.165, 1.54) is 0 Å². The molecule has 2 aromatic carbocycles. The molecule has 6 nitrogen and oxygen atoms in total. The number of benzene rings is 2. The van der Waals surface area contributed by atoms with Gasteiger partial charge in [-0.3, -0.25) is 9.59 Å². The minimum absolute atomic E-state index is 0.00499. The monoisotopic (exact) mass is 359 g/mol. The Labute approximate surface area is 156 Å². The van der Waals surface area contributed by atoms with E-state index in [0.29, 0.717) is 28.3 Å². The molecule has 6 heteroatoms. The van der Waals surface area contributed by atoms with Crippen LogP contribution in [0.15, 0.2) is 65.5 Å². The number of hydrogen-bond acceptors (Lipinski definition) is 4. The number of rotatable bonds is 5. The minimum Gasteiger partial charge on any atom is -0.483 e. The Balaban J connectivity index is 1.85. The second-order valence-corrected chi connectivity index (χ2v) is 5.88. The van der Waals surface area contributed by atoms with Crippen molar-refractivity contribution in [3.05, 3.63) is 82.3 Å². The fraction of sp³-hybridized carbons (Fsp3) is 0.0952. The number of nitriles is 1. The number of carbonyl (C=O) groups is 1. The maximum absolute atomic E-state index is 12.1. The normalized spacial score (nSPS) is 10.1. The number of hydrogen-bond donors (Lipinski definition) is 2. The number of para-hydroxylation sites is 2. The summed E-state index contributed by atoms with van der Waals surface area (Å²) in [7, 11) is 0. The van der Waals surface area contributed by atoms with E-state index in [1.807, 2.05) is 24.3 Å². The summed E-state index contributed by atoms with van der Waals surface area (Å²) in [6, 6.07) is 19.7. The number of H-pyrrole nitrogens is 1. The maximum Gasteiger partial charge on any atom is 0.266 e. The number of aromatic amines is 1. The predicted molar refractivity (Wildman–Crippen MR) is 103 cm³/mol. The Morgan fingerprint density at radius 1 is 1.11 bits per heavy atom. The molecule has 0 aliphatic carbocycles. The van der Waals surface area contributed by atoms with Gasteiger partial charge in [-0.15, -0.1) is 0 Å². The zero-order valence-corrected chi connectivity index (χ0v) is 14.7. The van der Waals surface area contributed by atoms with Gasteiger partial charge in [0.05, 0.1) is 0 Å². The molecule has 3 aromatic rings. The molecular weight excluding hydrogens is 342 g/mol. The molecule has 0 bridgehead atoms. The van der Waals surface area contributed by atoms with Crippen LogP contribution in [-0.4, -0.2) is 17.5 Å². The van der Waals surface area contributed by atoms with Gasteiger partial charge in [0, 0.05) is 22.5 Å². The first kappa shape index (κ1) is 18.0. The first-order chi connectivity index (χ1) is 13.1. The van der Waals surface area contributed by atoms with Crippen LogP contribution in [0, 0.1) is 18.3 Å². The minimum atomic E-state index is -0.455.